The number of rotatable bonds is 5. The van der Waals surface area contributed by atoms with Crippen molar-refractivity contribution < 1.29 is 9.53 Å². The van der Waals surface area contributed by atoms with Gasteiger partial charge in [-0.2, -0.15) is 0 Å². The maximum absolute atomic E-state index is 13.6. The van der Waals surface area contributed by atoms with E-state index in [1.54, 1.807) is 11.5 Å². The molecule has 5 nitrogen and oxygen atoms in total. The SMILES string of the molecule is CC1=C(C(=O)OC(C)C)C(c2ccc(C)cc2)n2c(s/c(=C/c3ccc(C(C)C)cc3)c2=O)=N1. The molecule has 1 aliphatic heterocycles. The second kappa shape index (κ2) is 9.55. The Balaban J connectivity index is 1.89. The monoisotopic (exact) mass is 474 g/mol. The van der Waals surface area contributed by atoms with Crippen molar-refractivity contribution in [1.82, 2.24) is 4.57 Å². The average Bonchev–Trinajstić information content (AvgIpc) is 3.07. The summed E-state index contributed by atoms with van der Waals surface area (Å²) >= 11 is 1.34. The highest BCUT2D eigenvalue weighted by molar-refractivity contribution is 7.07. The number of ether oxygens (including phenoxy) is 1. The minimum Gasteiger partial charge on any atom is -0.459 e. The minimum absolute atomic E-state index is 0.162. The van der Waals surface area contributed by atoms with Crippen LogP contribution in [0.25, 0.3) is 6.08 Å². The quantitative estimate of drug-likeness (QED) is 0.507. The summed E-state index contributed by atoms with van der Waals surface area (Å²) < 4.78 is 7.76. The lowest BCUT2D eigenvalue weighted by molar-refractivity contribution is -0.143. The fraction of sp³-hybridized carbons (Fsp3) is 0.321. The molecule has 0 saturated carbocycles. The first-order valence-electron chi connectivity index (χ1n) is 11.6. The van der Waals surface area contributed by atoms with E-state index in [9.17, 15) is 9.59 Å². The summed E-state index contributed by atoms with van der Waals surface area (Å²) in [6.45, 7) is 11.8. The number of hydrogen-bond donors (Lipinski definition) is 0. The number of allylic oxidation sites excluding steroid dienone is 1. The molecule has 1 atom stereocenters. The summed E-state index contributed by atoms with van der Waals surface area (Å²) in [4.78, 5) is 32.0. The van der Waals surface area contributed by atoms with Crippen LogP contribution in [0.5, 0.6) is 0 Å². The van der Waals surface area contributed by atoms with E-state index in [0.29, 0.717) is 26.5 Å². The normalized spacial score (nSPS) is 16.1. The number of fused-ring (bicyclic) bond motifs is 1. The van der Waals surface area contributed by atoms with Crippen LogP contribution in [-0.2, 0) is 9.53 Å². The zero-order valence-electron chi connectivity index (χ0n) is 20.5. The number of carbonyl (C=O) groups is 1. The van der Waals surface area contributed by atoms with Gasteiger partial charge in [-0.15, -0.1) is 0 Å². The molecule has 0 aliphatic carbocycles. The van der Waals surface area contributed by atoms with E-state index >= 15 is 0 Å². The van der Waals surface area contributed by atoms with Crippen molar-refractivity contribution in [2.45, 2.75) is 59.6 Å². The summed E-state index contributed by atoms with van der Waals surface area (Å²) in [6.07, 6.45) is 1.62. The maximum atomic E-state index is 13.6. The van der Waals surface area contributed by atoms with Gasteiger partial charge in [0, 0.05) is 0 Å². The molecule has 0 radical (unpaired) electrons. The lowest BCUT2D eigenvalue weighted by Crippen LogP contribution is -2.40. The Hall–Kier alpha value is -3.25. The Labute approximate surface area is 203 Å². The fourth-order valence-electron chi connectivity index (χ4n) is 4.05. The van der Waals surface area contributed by atoms with E-state index in [4.69, 9.17) is 4.74 Å². The highest BCUT2D eigenvalue weighted by Gasteiger charge is 2.33. The summed E-state index contributed by atoms with van der Waals surface area (Å²) in [5, 5.41) is 0. The van der Waals surface area contributed by atoms with Crippen molar-refractivity contribution in [3.8, 4) is 0 Å². The molecule has 1 aliphatic rings. The van der Waals surface area contributed by atoms with E-state index in [1.165, 1.54) is 16.9 Å². The second-order valence-electron chi connectivity index (χ2n) is 9.27. The third kappa shape index (κ3) is 4.68. The standard InChI is InChI=1S/C28H30N2O3S/c1-16(2)21-13-9-20(10-14-21)15-23-26(31)30-25(22-11-7-18(5)8-12-22)24(27(32)33-17(3)4)19(6)29-28(30)34-23/h7-17,25H,1-6H3/b23-15+. The molecular formula is C28H30N2O3S. The van der Waals surface area contributed by atoms with Crippen molar-refractivity contribution in [2.24, 2.45) is 4.99 Å². The number of benzene rings is 2. The smallest absolute Gasteiger partial charge is 0.338 e. The van der Waals surface area contributed by atoms with Crippen LogP contribution in [0.2, 0.25) is 0 Å². The predicted octanol–water partition coefficient (Wildman–Crippen LogP) is 4.62. The number of carbonyl (C=O) groups excluding carboxylic acids is 1. The summed E-state index contributed by atoms with van der Waals surface area (Å²) in [6, 6.07) is 15.5. The Bertz CT molecular complexity index is 1420. The Morgan fingerprint density at radius 1 is 1.03 bits per heavy atom. The first-order valence-corrected chi connectivity index (χ1v) is 12.4. The fourth-order valence-corrected chi connectivity index (χ4v) is 5.10. The zero-order chi connectivity index (χ0) is 24.6. The third-order valence-corrected chi connectivity index (χ3v) is 6.86. The molecule has 4 rings (SSSR count). The van der Waals surface area contributed by atoms with Crippen LogP contribution in [0.3, 0.4) is 0 Å². The van der Waals surface area contributed by atoms with Crippen molar-refractivity contribution in [3.05, 3.63) is 102 Å². The third-order valence-electron chi connectivity index (χ3n) is 5.88. The molecular weight excluding hydrogens is 444 g/mol. The molecule has 0 saturated heterocycles. The number of hydrogen-bond acceptors (Lipinski definition) is 5. The van der Waals surface area contributed by atoms with Gasteiger partial charge in [-0.3, -0.25) is 9.36 Å². The van der Waals surface area contributed by atoms with Crippen molar-refractivity contribution in [1.29, 1.82) is 0 Å². The molecule has 1 unspecified atom stereocenters. The molecule has 2 heterocycles. The molecule has 3 aromatic rings. The minimum atomic E-state index is -0.589. The number of esters is 1. The lowest BCUT2D eigenvalue weighted by Gasteiger charge is -2.25. The van der Waals surface area contributed by atoms with E-state index in [2.05, 4.69) is 31.0 Å². The molecule has 0 spiro atoms. The van der Waals surface area contributed by atoms with Gasteiger partial charge in [0.25, 0.3) is 5.56 Å². The maximum Gasteiger partial charge on any atom is 0.338 e. The Morgan fingerprint density at radius 3 is 2.26 bits per heavy atom. The van der Waals surface area contributed by atoms with Gasteiger partial charge in [-0.25, -0.2) is 9.79 Å². The summed E-state index contributed by atoms with van der Waals surface area (Å²) in [5.74, 6) is 0.00115. The molecule has 34 heavy (non-hydrogen) atoms. The predicted molar refractivity (Wildman–Crippen MR) is 137 cm³/mol. The van der Waals surface area contributed by atoms with Crippen LogP contribution in [0.15, 0.2) is 69.6 Å². The number of nitrogens with zero attached hydrogens (tertiary/aromatic N) is 2. The Kier molecular flexibility index (Phi) is 6.71. The van der Waals surface area contributed by atoms with Gasteiger partial charge in [-0.1, -0.05) is 79.3 Å². The van der Waals surface area contributed by atoms with Crippen LogP contribution in [-0.4, -0.2) is 16.6 Å². The van der Waals surface area contributed by atoms with Crippen molar-refractivity contribution in [2.75, 3.05) is 0 Å². The first kappa shape index (κ1) is 23.9. The van der Waals surface area contributed by atoms with Gasteiger partial charge in [0.05, 0.1) is 27.9 Å². The van der Waals surface area contributed by atoms with Crippen molar-refractivity contribution in [3.63, 3.8) is 0 Å². The summed E-state index contributed by atoms with van der Waals surface area (Å²) in [5.41, 5.74) is 4.98. The van der Waals surface area contributed by atoms with Crippen LogP contribution in [0, 0.1) is 6.92 Å². The van der Waals surface area contributed by atoms with Crippen molar-refractivity contribution >= 4 is 23.4 Å². The molecule has 0 fully saturated rings. The molecule has 0 amide bonds. The van der Waals surface area contributed by atoms with Gasteiger partial charge in [0.1, 0.15) is 0 Å². The van der Waals surface area contributed by atoms with E-state index in [-0.39, 0.29) is 11.7 Å². The molecule has 0 bridgehead atoms. The van der Waals surface area contributed by atoms with Crippen LogP contribution >= 0.6 is 11.3 Å². The average molecular weight is 475 g/mol. The highest BCUT2D eigenvalue weighted by atomic mass is 32.1. The molecule has 6 heteroatoms. The molecule has 2 aromatic carbocycles. The topological polar surface area (TPSA) is 60.7 Å². The van der Waals surface area contributed by atoms with Crippen LogP contribution in [0.4, 0.5) is 0 Å². The number of aryl methyl sites for hydroxylation is 1. The molecule has 0 N–H and O–H groups in total. The Morgan fingerprint density at radius 2 is 1.68 bits per heavy atom. The zero-order valence-corrected chi connectivity index (χ0v) is 21.3. The van der Waals surface area contributed by atoms with Crippen LogP contribution in [0.1, 0.15) is 68.8 Å². The lowest BCUT2D eigenvalue weighted by atomic mass is 9.95. The van der Waals surface area contributed by atoms with Gasteiger partial charge >= 0.3 is 5.97 Å². The second-order valence-corrected chi connectivity index (χ2v) is 10.3. The van der Waals surface area contributed by atoms with Crippen LogP contribution < -0.4 is 14.9 Å². The van der Waals surface area contributed by atoms with Gasteiger partial charge in [0.2, 0.25) is 0 Å². The summed E-state index contributed by atoms with van der Waals surface area (Å²) in [7, 11) is 0. The van der Waals surface area contributed by atoms with Gasteiger partial charge in [0.15, 0.2) is 4.80 Å². The molecule has 176 valence electrons. The van der Waals surface area contributed by atoms with E-state index in [1.807, 2.05) is 63.2 Å². The van der Waals surface area contributed by atoms with Gasteiger partial charge < -0.3 is 4.74 Å². The number of aromatic nitrogens is 1. The van der Waals surface area contributed by atoms with E-state index < -0.39 is 12.0 Å². The van der Waals surface area contributed by atoms with Gasteiger partial charge in [-0.05, 0) is 56.4 Å². The molecule has 1 aromatic heterocycles. The van der Waals surface area contributed by atoms with E-state index in [0.717, 1.165) is 16.7 Å². The number of thiazole rings is 1. The largest absolute Gasteiger partial charge is 0.459 e. The first-order chi connectivity index (χ1) is 16.2. The highest BCUT2D eigenvalue weighted by Crippen LogP contribution is 2.31.